The maximum Gasteiger partial charge on any atom is 0.416 e. The van der Waals surface area contributed by atoms with Gasteiger partial charge in [-0.3, -0.25) is 4.79 Å². The molecule has 19 heavy (non-hydrogen) atoms. The van der Waals surface area contributed by atoms with Crippen LogP contribution in [0.4, 0.5) is 17.6 Å². The van der Waals surface area contributed by atoms with Gasteiger partial charge in [0.15, 0.2) is 0 Å². The highest BCUT2D eigenvalue weighted by Gasteiger charge is 2.32. The van der Waals surface area contributed by atoms with Crippen molar-refractivity contribution < 1.29 is 22.4 Å². The molecule has 1 unspecified atom stereocenters. The fourth-order valence-corrected chi connectivity index (χ4v) is 1.41. The summed E-state index contributed by atoms with van der Waals surface area (Å²) in [6, 6.07) is 1.34. The Labute approximate surface area is 108 Å². The van der Waals surface area contributed by atoms with Crippen LogP contribution in [0.3, 0.4) is 0 Å². The van der Waals surface area contributed by atoms with Gasteiger partial charge in [0, 0.05) is 19.6 Å². The first-order valence-corrected chi connectivity index (χ1v) is 5.52. The monoisotopic (exact) mass is 278 g/mol. The largest absolute Gasteiger partial charge is 0.416 e. The second kappa shape index (κ2) is 5.56. The Morgan fingerprint density at radius 3 is 2.47 bits per heavy atom. The quantitative estimate of drug-likeness (QED) is 0.862. The minimum absolute atomic E-state index is 0.128. The third kappa shape index (κ3) is 3.44. The number of hydrogen-bond donors (Lipinski definition) is 1. The summed E-state index contributed by atoms with van der Waals surface area (Å²) in [4.78, 5) is 13.0. The predicted octanol–water partition coefficient (Wildman–Crippen LogP) is 2.26. The van der Waals surface area contributed by atoms with Crippen molar-refractivity contribution in [3.8, 4) is 0 Å². The number of nitrogens with zero attached hydrogens (tertiary/aromatic N) is 1. The maximum atomic E-state index is 13.5. The highest BCUT2D eigenvalue weighted by Crippen LogP contribution is 2.30. The van der Waals surface area contributed by atoms with E-state index in [0.29, 0.717) is 18.2 Å². The number of nitrogens with two attached hydrogens (primary N) is 1. The van der Waals surface area contributed by atoms with Crippen LogP contribution in [0.1, 0.15) is 22.8 Å². The zero-order valence-corrected chi connectivity index (χ0v) is 10.5. The molecule has 1 amide bonds. The molecule has 1 aromatic carbocycles. The number of halogens is 4. The van der Waals surface area contributed by atoms with E-state index in [4.69, 9.17) is 5.73 Å². The maximum absolute atomic E-state index is 13.5. The van der Waals surface area contributed by atoms with Crippen molar-refractivity contribution in [2.45, 2.75) is 19.1 Å². The summed E-state index contributed by atoms with van der Waals surface area (Å²) in [5.74, 6) is -1.82. The van der Waals surface area contributed by atoms with Gasteiger partial charge in [-0.2, -0.15) is 13.2 Å². The third-order valence-corrected chi connectivity index (χ3v) is 2.85. The standard InChI is InChI=1S/C12H14F4N2O/c1-7(6-17)18(2)11(19)9-5-8(12(14,15)16)3-4-10(9)13/h3-5,7H,6,17H2,1-2H3. The minimum Gasteiger partial charge on any atom is -0.338 e. The molecule has 7 heteroatoms. The van der Waals surface area contributed by atoms with Crippen LogP contribution in [0.25, 0.3) is 0 Å². The molecule has 0 heterocycles. The molecule has 0 aromatic heterocycles. The molecular weight excluding hydrogens is 264 g/mol. The van der Waals surface area contributed by atoms with E-state index in [2.05, 4.69) is 0 Å². The molecule has 0 saturated carbocycles. The van der Waals surface area contributed by atoms with Crippen LogP contribution in [-0.4, -0.2) is 30.4 Å². The average molecular weight is 278 g/mol. The third-order valence-electron chi connectivity index (χ3n) is 2.85. The Kier molecular flexibility index (Phi) is 4.52. The molecule has 106 valence electrons. The predicted molar refractivity (Wildman–Crippen MR) is 62.0 cm³/mol. The van der Waals surface area contributed by atoms with Crippen molar-refractivity contribution in [3.63, 3.8) is 0 Å². The van der Waals surface area contributed by atoms with E-state index >= 15 is 0 Å². The molecule has 0 fully saturated rings. The van der Waals surface area contributed by atoms with E-state index in [9.17, 15) is 22.4 Å². The summed E-state index contributed by atoms with van der Waals surface area (Å²) in [7, 11) is 1.36. The first-order chi connectivity index (χ1) is 8.68. The van der Waals surface area contributed by atoms with Crippen molar-refractivity contribution in [1.29, 1.82) is 0 Å². The highest BCUT2D eigenvalue weighted by molar-refractivity contribution is 5.94. The molecule has 0 aliphatic heterocycles. The summed E-state index contributed by atoms with van der Waals surface area (Å²) in [6.07, 6.45) is -4.62. The van der Waals surface area contributed by atoms with Crippen LogP contribution in [0.5, 0.6) is 0 Å². The summed E-state index contributed by atoms with van der Waals surface area (Å²) in [5.41, 5.74) is 3.68. The number of benzene rings is 1. The fourth-order valence-electron chi connectivity index (χ4n) is 1.41. The molecule has 0 saturated heterocycles. The smallest absolute Gasteiger partial charge is 0.338 e. The Morgan fingerprint density at radius 1 is 1.42 bits per heavy atom. The lowest BCUT2D eigenvalue weighted by Crippen LogP contribution is -2.40. The molecule has 2 N–H and O–H groups in total. The Balaban J connectivity index is 3.16. The van der Waals surface area contributed by atoms with Gasteiger partial charge in [0.2, 0.25) is 0 Å². The van der Waals surface area contributed by atoms with E-state index in [-0.39, 0.29) is 6.54 Å². The molecule has 0 aliphatic carbocycles. The number of alkyl halides is 3. The average Bonchev–Trinajstić information content (AvgIpc) is 2.35. The summed E-state index contributed by atoms with van der Waals surface area (Å²) < 4.78 is 51.1. The Hall–Kier alpha value is -1.63. The van der Waals surface area contributed by atoms with Crippen molar-refractivity contribution in [3.05, 3.63) is 35.1 Å². The lowest BCUT2D eigenvalue weighted by Gasteiger charge is -2.24. The molecule has 0 aliphatic rings. The SMILES string of the molecule is CC(CN)N(C)C(=O)c1cc(C(F)(F)F)ccc1F. The van der Waals surface area contributed by atoms with Crippen LogP contribution in [-0.2, 0) is 6.18 Å². The number of amides is 1. The van der Waals surface area contributed by atoms with Gasteiger partial charge in [0.05, 0.1) is 11.1 Å². The van der Waals surface area contributed by atoms with Crippen LogP contribution < -0.4 is 5.73 Å². The van der Waals surface area contributed by atoms with Crippen LogP contribution in [0.2, 0.25) is 0 Å². The van der Waals surface area contributed by atoms with Gasteiger partial charge in [-0.15, -0.1) is 0 Å². The van der Waals surface area contributed by atoms with Crippen molar-refractivity contribution in [2.24, 2.45) is 5.73 Å². The van der Waals surface area contributed by atoms with Gasteiger partial charge < -0.3 is 10.6 Å². The summed E-state index contributed by atoms with van der Waals surface area (Å²) in [6.45, 7) is 1.74. The van der Waals surface area contributed by atoms with E-state index in [0.717, 1.165) is 4.90 Å². The Bertz CT molecular complexity index is 473. The molecule has 0 bridgehead atoms. The van der Waals surface area contributed by atoms with Crippen molar-refractivity contribution in [1.82, 2.24) is 4.90 Å². The number of hydrogen-bond acceptors (Lipinski definition) is 2. The zero-order valence-electron chi connectivity index (χ0n) is 10.5. The van der Waals surface area contributed by atoms with Gasteiger partial charge in [-0.25, -0.2) is 4.39 Å². The number of carbonyl (C=O) groups excluding carboxylic acids is 1. The zero-order chi connectivity index (χ0) is 14.8. The van der Waals surface area contributed by atoms with Gasteiger partial charge in [0.1, 0.15) is 5.82 Å². The lowest BCUT2D eigenvalue weighted by atomic mass is 10.1. The van der Waals surface area contributed by atoms with E-state index in [1.165, 1.54) is 7.05 Å². The van der Waals surface area contributed by atoms with E-state index in [1.807, 2.05) is 0 Å². The molecular formula is C12H14F4N2O. The number of likely N-dealkylation sites (N-methyl/N-ethyl adjacent to an activating group) is 1. The first kappa shape index (κ1) is 15.4. The second-order valence-electron chi connectivity index (χ2n) is 4.19. The summed E-state index contributed by atoms with van der Waals surface area (Å²) >= 11 is 0. The number of rotatable bonds is 3. The molecule has 0 spiro atoms. The molecule has 3 nitrogen and oxygen atoms in total. The molecule has 0 radical (unpaired) electrons. The topological polar surface area (TPSA) is 46.3 Å². The van der Waals surface area contributed by atoms with Crippen LogP contribution in [0.15, 0.2) is 18.2 Å². The number of carbonyl (C=O) groups is 1. The molecule has 1 rings (SSSR count). The highest BCUT2D eigenvalue weighted by atomic mass is 19.4. The lowest BCUT2D eigenvalue weighted by molar-refractivity contribution is -0.137. The van der Waals surface area contributed by atoms with Crippen molar-refractivity contribution in [2.75, 3.05) is 13.6 Å². The molecule has 1 aromatic rings. The van der Waals surface area contributed by atoms with E-state index in [1.54, 1.807) is 6.92 Å². The minimum atomic E-state index is -4.62. The van der Waals surface area contributed by atoms with E-state index < -0.39 is 35.1 Å². The van der Waals surface area contributed by atoms with Gasteiger partial charge >= 0.3 is 6.18 Å². The van der Waals surface area contributed by atoms with Gasteiger partial charge in [-0.05, 0) is 25.1 Å². The normalized spacial score (nSPS) is 13.2. The van der Waals surface area contributed by atoms with Gasteiger partial charge in [-0.1, -0.05) is 0 Å². The summed E-state index contributed by atoms with van der Waals surface area (Å²) in [5, 5.41) is 0. The fraction of sp³-hybridized carbons (Fsp3) is 0.417. The van der Waals surface area contributed by atoms with Crippen LogP contribution >= 0.6 is 0 Å². The van der Waals surface area contributed by atoms with Gasteiger partial charge in [0.25, 0.3) is 5.91 Å². The molecule has 1 atom stereocenters. The van der Waals surface area contributed by atoms with Crippen molar-refractivity contribution >= 4 is 5.91 Å². The first-order valence-electron chi connectivity index (χ1n) is 5.52. The Morgan fingerprint density at radius 2 is 2.00 bits per heavy atom. The second-order valence-corrected chi connectivity index (χ2v) is 4.19. The van der Waals surface area contributed by atoms with Crippen LogP contribution in [0, 0.1) is 5.82 Å².